The van der Waals surface area contributed by atoms with Crippen molar-refractivity contribution in [1.82, 2.24) is 15.4 Å². The molecule has 19 heavy (non-hydrogen) atoms. The summed E-state index contributed by atoms with van der Waals surface area (Å²) in [5.41, 5.74) is 4.66. The van der Waals surface area contributed by atoms with E-state index in [1.807, 2.05) is 24.3 Å². The van der Waals surface area contributed by atoms with Crippen molar-refractivity contribution in [3.63, 3.8) is 0 Å². The highest BCUT2D eigenvalue weighted by Crippen LogP contribution is 2.18. The summed E-state index contributed by atoms with van der Waals surface area (Å²) >= 11 is 0. The number of aromatic nitrogens is 1. The Kier molecular flexibility index (Phi) is 3.66. The number of hydrogen-bond acceptors (Lipinski definition) is 3. The van der Waals surface area contributed by atoms with Gasteiger partial charge in [0, 0.05) is 30.6 Å². The van der Waals surface area contributed by atoms with Crippen LogP contribution in [0.5, 0.6) is 0 Å². The van der Waals surface area contributed by atoms with Gasteiger partial charge in [0.1, 0.15) is 0 Å². The molecule has 1 aromatic heterocycles. The van der Waals surface area contributed by atoms with Crippen molar-refractivity contribution in [3.05, 3.63) is 45.7 Å². The van der Waals surface area contributed by atoms with Gasteiger partial charge in [-0.05, 0) is 18.6 Å². The van der Waals surface area contributed by atoms with E-state index in [0.29, 0.717) is 5.56 Å². The molecule has 100 valence electrons. The van der Waals surface area contributed by atoms with Gasteiger partial charge in [-0.15, -0.1) is 0 Å². The minimum absolute atomic E-state index is 0.135. The van der Waals surface area contributed by atoms with Crippen LogP contribution in [0, 0.1) is 6.92 Å². The molecule has 0 aliphatic heterocycles. The fourth-order valence-corrected chi connectivity index (χ4v) is 2.09. The number of hydrazine groups is 1. The van der Waals surface area contributed by atoms with Crippen LogP contribution in [0.15, 0.2) is 29.1 Å². The van der Waals surface area contributed by atoms with Crippen LogP contribution in [0.3, 0.4) is 0 Å². The predicted octanol–water partition coefficient (Wildman–Crippen LogP) is 0.972. The van der Waals surface area contributed by atoms with E-state index in [4.69, 9.17) is 0 Å². The van der Waals surface area contributed by atoms with Crippen LogP contribution >= 0.6 is 0 Å². The Balaban J connectivity index is 2.49. The minimum atomic E-state index is -0.147. The Hall–Kier alpha value is -2.14. The minimum Gasteiger partial charge on any atom is -0.322 e. The first-order chi connectivity index (χ1) is 8.99. The summed E-state index contributed by atoms with van der Waals surface area (Å²) in [5.74, 6) is -0.135. The third-order valence-corrected chi connectivity index (χ3v) is 2.98. The van der Waals surface area contributed by atoms with Crippen molar-refractivity contribution in [3.8, 4) is 0 Å². The first-order valence-corrected chi connectivity index (χ1v) is 6.06. The fourth-order valence-electron chi connectivity index (χ4n) is 2.09. The molecule has 0 radical (unpaired) electrons. The van der Waals surface area contributed by atoms with Crippen molar-refractivity contribution in [1.29, 1.82) is 0 Å². The van der Waals surface area contributed by atoms with Gasteiger partial charge in [-0.25, -0.2) is 5.01 Å². The van der Waals surface area contributed by atoms with Crippen LogP contribution in [0.2, 0.25) is 0 Å². The van der Waals surface area contributed by atoms with Crippen molar-refractivity contribution in [2.45, 2.75) is 13.3 Å². The second-order valence-electron chi connectivity index (χ2n) is 4.71. The molecule has 0 unspecified atom stereocenters. The van der Waals surface area contributed by atoms with Crippen LogP contribution in [-0.4, -0.2) is 30.0 Å². The molecule has 0 fully saturated rings. The number of pyridine rings is 1. The Morgan fingerprint density at radius 2 is 2.00 bits per heavy atom. The Labute approximate surface area is 111 Å². The number of nitrogens with one attached hydrogen (secondary N) is 2. The van der Waals surface area contributed by atoms with Crippen LogP contribution in [0.1, 0.15) is 11.1 Å². The van der Waals surface area contributed by atoms with Crippen LogP contribution in [0.4, 0.5) is 0 Å². The molecule has 5 heteroatoms. The lowest BCUT2D eigenvalue weighted by molar-refractivity contribution is -0.124. The highest BCUT2D eigenvalue weighted by molar-refractivity contribution is 5.88. The molecule has 0 spiro atoms. The molecule has 0 aliphatic carbocycles. The quantitative estimate of drug-likeness (QED) is 0.807. The number of para-hydroxylation sites is 1. The van der Waals surface area contributed by atoms with Gasteiger partial charge in [0.25, 0.3) is 5.56 Å². The molecule has 0 bridgehead atoms. The van der Waals surface area contributed by atoms with Crippen molar-refractivity contribution in [2.75, 3.05) is 14.1 Å². The second kappa shape index (κ2) is 5.24. The van der Waals surface area contributed by atoms with Gasteiger partial charge < -0.3 is 4.98 Å². The van der Waals surface area contributed by atoms with Gasteiger partial charge in [-0.3, -0.25) is 15.0 Å². The van der Waals surface area contributed by atoms with E-state index in [1.165, 1.54) is 0 Å². The summed E-state index contributed by atoms with van der Waals surface area (Å²) in [6.07, 6.45) is 0.189. The van der Waals surface area contributed by atoms with Crippen LogP contribution < -0.4 is 11.0 Å². The Morgan fingerprint density at radius 3 is 2.68 bits per heavy atom. The summed E-state index contributed by atoms with van der Waals surface area (Å²) in [6.45, 7) is 1.74. The normalized spacial score (nSPS) is 10.9. The average Bonchev–Trinajstić information content (AvgIpc) is 2.34. The predicted molar refractivity (Wildman–Crippen MR) is 74.8 cm³/mol. The Morgan fingerprint density at radius 1 is 1.32 bits per heavy atom. The zero-order valence-electron chi connectivity index (χ0n) is 11.3. The summed E-state index contributed by atoms with van der Waals surface area (Å²) in [6, 6.07) is 7.50. The molecule has 0 saturated heterocycles. The number of rotatable bonds is 3. The molecule has 0 saturated carbocycles. The monoisotopic (exact) mass is 259 g/mol. The van der Waals surface area contributed by atoms with E-state index >= 15 is 0 Å². The zero-order chi connectivity index (χ0) is 14.0. The van der Waals surface area contributed by atoms with Crippen LogP contribution in [0.25, 0.3) is 10.9 Å². The molecule has 1 heterocycles. The molecule has 2 aromatic rings. The molecule has 0 atom stereocenters. The summed E-state index contributed by atoms with van der Waals surface area (Å²) in [4.78, 5) is 26.5. The van der Waals surface area contributed by atoms with E-state index in [9.17, 15) is 9.59 Å². The number of benzene rings is 1. The number of H-pyrrole nitrogens is 1. The molecule has 1 aromatic carbocycles. The number of carbonyl (C=O) groups is 1. The van der Waals surface area contributed by atoms with Gasteiger partial charge in [0.05, 0.1) is 6.42 Å². The lowest BCUT2D eigenvalue weighted by Gasteiger charge is -2.13. The maximum absolute atomic E-state index is 11.9. The maximum atomic E-state index is 11.9. The molecule has 0 aliphatic rings. The number of amides is 1. The van der Waals surface area contributed by atoms with Gasteiger partial charge >= 0.3 is 0 Å². The zero-order valence-corrected chi connectivity index (χ0v) is 11.3. The highest BCUT2D eigenvalue weighted by Gasteiger charge is 2.12. The van der Waals surface area contributed by atoms with E-state index in [1.54, 1.807) is 26.0 Å². The van der Waals surface area contributed by atoms with E-state index < -0.39 is 0 Å². The van der Waals surface area contributed by atoms with Crippen molar-refractivity contribution < 1.29 is 4.79 Å². The number of aromatic amines is 1. The van der Waals surface area contributed by atoms with E-state index in [2.05, 4.69) is 10.4 Å². The smallest absolute Gasteiger partial charge is 0.251 e. The first-order valence-electron chi connectivity index (χ1n) is 6.06. The summed E-state index contributed by atoms with van der Waals surface area (Å²) < 4.78 is 0. The summed E-state index contributed by atoms with van der Waals surface area (Å²) in [5, 5.41) is 2.50. The largest absolute Gasteiger partial charge is 0.322 e. The average molecular weight is 259 g/mol. The second-order valence-corrected chi connectivity index (χ2v) is 4.71. The molecule has 1 amide bonds. The first kappa shape index (κ1) is 13.3. The lowest BCUT2D eigenvalue weighted by atomic mass is 10.0. The third kappa shape index (κ3) is 2.82. The standard InChI is InChI=1S/C14H17N3O2/c1-9-11(8-13(18)16-17(2)3)10-6-4-5-7-12(10)15-14(9)19/h4-7H,8H2,1-3H3,(H,15,19)(H,16,18). The molecule has 2 rings (SSSR count). The van der Waals surface area contributed by atoms with E-state index in [-0.39, 0.29) is 17.9 Å². The topological polar surface area (TPSA) is 65.2 Å². The maximum Gasteiger partial charge on any atom is 0.251 e. The highest BCUT2D eigenvalue weighted by atomic mass is 16.2. The van der Waals surface area contributed by atoms with Crippen molar-refractivity contribution >= 4 is 16.8 Å². The number of carbonyl (C=O) groups excluding carboxylic acids is 1. The molecular weight excluding hydrogens is 242 g/mol. The SMILES string of the molecule is Cc1c(CC(=O)NN(C)C)c2ccccc2[nH]c1=O. The van der Waals surface area contributed by atoms with E-state index in [0.717, 1.165) is 16.5 Å². The Bertz CT molecular complexity index is 674. The molecule has 5 nitrogen and oxygen atoms in total. The lowest BCUT2D eigenvalue weighted by Crippen LogP contribution is -2.37. The van der Waals surface area contributed by atoms with Gasteiger partial charge in [0.15, 0.2) is 0 Å². The summed E-state index contributed by atoms with van der Waals surface area (Å²) in [7, 11) is 3.50. The van der Waals surface area contributed by atoms with Crippen LogP contribution in [-0.2, 0) is 11.2 Å². The number of hydrogen-bond donors (Lipinski definition) is 2. The molecular formula is C14H17N3O2. The van der Waals surface area contributed by atoms with Gasteiger partial charge in [0.2, 0.25) is 5.91 Å². The number of fused-ring (bicyclic) bond motifs is 1. The van der Waals surface area contributed by atoms with Crippen molar-refractivity contribution in [2.24, 2.45) is 0 Å². The third-order valence-electron chi connectivity index (χ3n) is 2.98. The van der Waals surface area contributed by atoms with Gasteiger partial charge in [-0.2, -0.15) is 0 Å². The fraction of sp³-hybridized carbons (Fsp3) is 0.286. The molecule has 2 N–H and O–H groups in total. The van der Waals surface area contributed by atoms with Gasteiger partial charge in [-0.1, -0.05) is 18.2 Å². The number of nitrogens with zero attached hydrogens (tertiary/aromatic N) is 1.